The van der Waals surface area contributed by atoms with Gasteiger partial charge in [-0.2, -0.15) is 4.98 Å². The third-order valence-corrected chi connectivity index (χ3v) is 1.90. The van der Waals surface area contributed by atoms with Gasteiger partial charge in [-0.15, -0.1) is 0 Å². The minimum atomic E-state index is -0.174. The van der Waals surface area contributed by atoms with Crippen LogP contribution in [0.3, 0.4) is 0 Å². The van der Waals surface area contributed by atoms with Gasteiger partial charge >= 0.3 is 5.69 Å². The van der Waals surface area contributed by atoms with E-state index in [1.54, 1.807) is 7.05 Å². The van der Waals surface area contributed by atoms with Crippen molar-refractivity contribution in [3.63, 3.8) is 0 Å². The second-order valence-corrected chi connectivity index (χ2v) is 3.00. The summed E-state index contributed by atoms with van der Waals surface area (Å²) in [5.41, 5.74) is 1.85. The van der Waals surface area contributed by atoms with E-state index in [1.807, 2.05) is 13.1 Å². The van der Waals surface area contributed by atoms with Crippen molar-refractivity contribution in [1.82, 2.24) is 9.55 Å². The molecule has 0 aromatic carbocycles. The molecule has 0 spiro atoms. The van der Waals surface area contributed by atoms with Gasteiger partial charge in [0.05, 0.1) is 0 Å². The predicted molar refractivity (Wildman–Crippen MR) is 48.2 cm³/mol. The molecule has 1 aromatic heterocycles. The summed E-state index contributed by atoms with van der Waals surface area (Å²) < 4.78 is 1.53. The zero-order valence-electron chi connectivity index (χ0n) is 7.79. The molecule has 12 heavy (non-hydrogen) atoms. The van der Waals surface area contributed by atoms with E-state index in [2.05, 4.69) is 11.9 Å². The molecule has 0 saturated heterocycles. The zero-order valence-corrected chi connectivity index (χ0v) is 7.79. The normalized spacial score (nSPS) is 10.2. The SMILES string of the molecule is CCCc1cn(C)c(=O)nc1C. The van der Waals surface area contributed by atoms with E-state index in [9.17, 15) is 4.79 Å². The Labute approximate surface area is 72.1 Å². The zero-order chi connectivity index (χ0) is 9.14. The van der Waals surface area contributed by atoms with Gasteiger partial charge in [-0.25, -0.2) is 4.79 Å². The van der Waals surface area contributed by atoms with Crippen LogP contribution in [0.4, 0.5) is 0 Å². The van der Waals surface area contributed by atoms with Gasteiger partial charge < -0.3 is 4.57 Å². The molecule has 1 aromatic rings. The summed E-state index contributed by atoms with van der Waals surface area (Å²) >= 11 is 0. The van der Waals surface area contributed by atoms with E-state index < -0.39 is 0 Å². The van der Waals surface area contributed by atoms with Gasteiger partial charge in [0, 0.05) is 18.9 Å². The molecule has 0 radical (unpaired) electrons. The largest absolute Gasteiger partial charge is 0.347 e. The first-order valence-corrected chi connectivity index (χ1v) is 4.18. The highest BCUT2D eigenvalue weighted by atomic mass is 16.1. The number of aromatic nitrogens is 2. The molecule has 1 heterocycles. The van der Waals surface area contributed by atoms with Crippen LogP contribution >= 0.6 is 0 Å². The van der Waals surface area contributed by atoms with Gasteiger partial charge in [-0.05, 0) is 18.9 Å². The average Bonchev–Trinajstić information content (AvgIpc) is 2.01. The Balaban J connectivity index is 3.14. The minimum Gasteiger partial charge on any atom is -0.302 e. The Morgan fingerprint density at radius 3 is 2.83 bits per heavy atom. The smallest absolute Gasteiger partial charge is 0.302 e. The number of hydrogen-bond donors (Lipinski definition) is 0. The van der Waals surface area contributed by atoms with E-state index >= 15 is 0 Å². The Bertz CT molecular complexity index is 328. The molecule has 0 aliphatic carbocycles. The van der Waals surface area contributed by atoms with Crippen LogP contribution in [0, 0.1) is 6.92 Å². The quantitative estimate of drug-likeness (QED) is 0.658. The fraction of sp³-hybridized carbons (Fsp3) is 0.556. The maximum atomic E-state index is 11.0. The van der Waals surface area contributed by atoms with Crippen molar-refractivity contribution in [2.75, 3.05) is 0 Å². The summed E-state index contributed by atoms with van der Waals surface area (Å²) in [5, 5.41) is 0. The van der Waals surface area contributed by atoms with Gasteiger partial charge in [-0.1, -0.05) is 13.3 Å². The maximum Gasteiger partial charge on any atom is 0.347 e. The van der Waals surface area contributed by atoms with Crippen LogP contribution in [0.5, 0.6) is 0 Å². The fourth-order valence-electron chi connectivity index (χ4n) is 1.19. The molecular formula is C9H14N2O. The Kier molecular flexibility index (Phi) is 2.63. The second kappa shape index (κ2) is 3.52. The van der Waals surface area contributed by atoms with Crippen LogP contribution in [0.2, 0.25) is 0 Å². The van der Waals surface area contributed by atoms with Crippen LogP contribution in [0.25, 0.3) is 0 Å². The van der Waals surface area contributed by atoms with Crippen molar-refractivity contribution >= 4 is 0 Å². The Morgan fingerprint density at radius 2 is 2.25 bits per heavy atom. The molecule has 0 bridgehead atoms. The number of rotatable bonds is 2. The third kappa shape index (κ3) is 1.72. The molecule has 0 aliphatic heterocycles. The highest BCUT2D eigenvalue weighted by Crippen LogP contribution is 2.03. The molecule has 66 valence electrons. The molecule has 0 atom stereocenters. The van der Waals surface area contributed by atoms with Crippen molar-refractivity contribution in [2.45, 2.75) is 26.7 Å². The summed E-state index contributed by atoms with van der Waals surface area (Å²) in [5.74, 6) is 0. The molecule has 0 aliphatic rings. The Morgan fingerprint density at radius 1 is 1.58 bits per heavy atom. The van der Waals surface area contributed by atoms with E-state index in [-0.39, 0.29) is 5.69 Å². The topological polar surface area (TPSA) is 34.9 Å². The number of hydrogen-bond acceptors (Lipinski definition) is 2. The van der Waals surface area contributed by atoms with Crippen LogP contribution in [-0.4, -0.2) is 9.55 Å². The van der Waals surface area contributed by atoms with Crippen molar-refractivity contribution in [3.8, 4) is 0 Å². The highest BCUT2D eigenvalue weighted by molar-refractivity contribution is 5.14. The molecule has 0 unspecified atom stereocenters. The summed E-state index contributed by atoms with van der Waals surface area (Å²) in [6, 6.07) is 0. The van der Waals surface area contributed by atoms with Crippen molar-refractivity contribution < 1.29 is 0 Å². The lowest BCUT2D eigenvalue weighted by molar-refractivity contribution is 0.763. The minimum absolute atomic E-state index is 0.174. The fourth-order valence-corrected chi connectivity index (χ4v) is 1.19. The van der Waals surface area contributed by atoms with E-state index in [0.717, 1.165) is 18.5 Å². The van der Waals surface area contributed by atoms with Crippen molar-refractivity contribution in [1.29, 1.82) is 0 Å². The molecule has 3 heteroatoms. The van der Waals surface area contributed by atoms with Crippen LogP contribution in [0.1, 0.15) is 24.6 Å². The number of aryl methyl sites for hydroxylation is 3. The summed E-state index contributed by atoms with van der Waals surface area (Å²) in [6.07, 6.45) is 3.95. The van der Waals surface area contributed by atoms with E-state index in [4.69, 9.17) is 0 Å². The Hall–Kier alpha value is -1.12. The van der Waals surface area contributed by atoms with Gasteiger partial charge in [-0.3, -0.25) is 0 Å². The molecule has 1 rings (SSSR count). The third-order valence-electron chi connectivity index (χ3n) is 1.90. The predicted octanol–water partition coefficient (Wildman–Crippen LogP) is 1.04. The molecule has 0 fully saturated rings. The highest BCUT2D eigenvalue weighted by Gasteiger charge is 2.00. The monoisotopic (exact) mass is 166 g/mol. The van der Waals surface area contributed by atoms with Gasteiger partial charge in [0.2, 0.25) is 0 Å². The van der Waals surface area contributed by atoms with E-state index in [1.165, 1.54) is 10.1 Å². The molecule has 0 amide bonds. The molecule has 3 nitrogen and oxygen atoms in total. The molecule has 0 saturated carbocycles. The first kappa shape index (κ1) is 8.97. The lowest BCUT2D eigenvalue weighted by Crippen LogP contribution is -2.21. The molecule has 0 N–H and O–H groups in total. The van der Waals surface area contributed by atoms with E-state index in [0.29, 0.717) is 0 Å². The van der Waals surface area contributed by atoms with Crippen LogP contribution in [0.15, 0.2) is 11.0 Å². The van der Waals surface area contributed by atoms with Gasteiger partial charge in [0.25, 0.3) is 0 Å². The maximum absolute atomic E-state index is 11.0. The first-order chi connectivity index (χ1) is 5.65. The average molecular weight is 166 g/mol. The standard InChI is InChI=1S/C9H14N2O/c1-4-5-8-6-11(3)9(12)10-7(8)2/h6H,4-5H2,1-3H3. The summed E-state index contributed by atoms with van der Waals surface area (Å²) in [7, 11) is 1.73. The summed E-state index contributed by atoms with van der Waals surface area (Å²) in [4.78, 5) is 14.9. The van der Waals surface area contributed by atoms with Gasteiger partial charge in [0.15, 0.2) is 0 Å². The summed E-state index contributed by atoms with van der Waals surface area (Å²) in [6.45, 7) is 4.00. The van der Waals surface area contributed by atoms with Crippen LogP contribution < -0.4 is 5.69 Å². The first-order valence-electron chi connectivity index (χ1n) is 4.18. The van der Waals surface area contributed by atoms with Crippen molar-refractivity contribution in [3.05, 3.63) is 27.9 Å². The molecular weight excluding hydrogens is 152 g/mol. The second-order valence-electron chi connectivity index (χ2n) is 3.00. The van der Waals surface area contributed by atoms with Crippen LogP contribution in [-0.2, 0) is 13.5 Å². The van der Waals surface area contributed by atoms with Crippen molar-refractivity contribution in [2.24, 2.45) is 7.05 Å². The lowest BCUT2D eigenvalue weighted by Gasteiger charge is -2.04. The lowest BCUT2D eigenvalue weighted by atomic mass is 10.1. The van der Waals surface area contributed by atoms with Gasteiger partial charge in [0.1, 0.15) is 0 Å². The number of nitrogens with zero attached hydrogens (tertiary/aromatic N) is 2.